The summed E-state index contributed by atoms with van der Waals surface area (Å²) in [6.07, 6.45) is 1.93. The van der Waals surface area contributed by atoms with E-state index in [1.807, 2.05) is 65.4 Å². The summed E-state index contributed by atoms with van der Waals surface area (Å²) in [5.74, 6) is 2.49. The number of ether oxygens (including phenoxy) is 3. The Kier molecular flexibility index (Phi) is 7.36. The number of likely N-dealkylation sites (N-methyl/N-ethyl adjacent to an activating group) is 1. The maximum atomic E-state index is 13.0. The third kappa shape index (κ3) is 5.41. The molecule has 156 valence electrons. The van der Waals surface area contributed by atoms with Crippen molar-refractivity contribution in [3.05, 3.63) is 54.1 Å². The first-order valence-corrected chi connectivity index (χ1v) is 10.00. The summed E-state index contributed by atoms with van der Waals surface area (Å²) >= 11 is 0. The number of nitrogens with zero attached hydrogens (tertiary/aromatic N) is 2. The molecule has 1 unspecified atom stereocenters. The zero-order chi connectivity index (χ0) is 20.6. The fraction of sp³-hybridized carbons (Fsp3) is 0.435. The van der Waals surface area contributed by atoms with Crippen molar-refractivity contribution in [1.29, 1.82) is 0 Å². The maximum absolute atomic E-state index is 13.0. The number of hydrogen-bond acceptors (Lipinski definition) is 5. The molecule has 1 saturated heterocycles. The second-order valence-electron chi connectivity index (χ2n) is 7.25. The predicted octanol–water partition coefficient (Wildman–Crippen LogP) is 3.38. The average Bonchev–Trinajstić information content (AvgIpc) is 3.23. The summed E-state index contributed by atoms with van der Waals surface area (Å²) in [6.45, 7) is 2.37. The fourth-order valence-corrected chi connectivity index (χ4v) is 3.72. The van der Waals surface area contributed by atoms with Crippen LogP contribution in [0.5, 0.6) is 17.2 Å². The van der Waals surface area contributed by atoms with Gasteiger partial charge in [-0.05, 0) is 44.2 Å². The second-order valence-corrected chi connectivity index (χ2v) is 7.25. The van der Waals surface area contributed by atoms with Gasteiger partial charge in [0.2, 0.25) is 5.91 Å². The van der Waals surface area contributed by atoms with Crippen LogP contribution < -0.4 is 14.2 Å². The number of benzene rings is 2. The lowest BCUT2D eigenvalue weighted by molar-refractivity contribution is -0.133. The molecule has 1 atom stereocenters. The monoisotopic (exact) mass is 398 g/mol. The van der Waals surface area contributed by atoms with Crippen LogP contribution in [0.15, 0.2) is 48.5 Å². The van der Waals surface area contributed by atoms with Gasteiger partial charge in [0, 0.05) is 24.7 Å². The second kappa shape index (κ2) is 10.2. The third-order valence-electron chi connectivity index (χ3n) is 5.26. The number of carbonyl (C=O) groups excluding carboxylic acids is 1. The Balaban J connectivity index is 1.57. The van der Waals surface area contributed by atoms with Gasteiger partial charge in [0.15, 0.2) is 0 Å². The van der Waals surface area contributed by atoms with Crippen LogP contribution >= 0.6 is 0 Å². The van der Waals surface area contributed by atoms with E-state index < -0.39 is 0 Å². The molecule has 0 aromatic heterocycles. The average molecular weight is 399 g/mol. The van der Waals surface area contributed by atoms with Gasteiger partial charge in [-0.25, -0.2) is 0 Å². The molecule has 1 aliphatic heterocycles. The molecule has 29 heavy (non-hydrogen) atoms. The lowest BCUT2D eigenvalue weighted by atomic mass is 10.0. The van der Waals surface area contributed by atoms with Gasteiger partial charge in [0.05, 0.1) is 26.8 Å². The number of para-hydroxylation sites is 1. The summed E-state index contributed by atoms with van der Waals surface area (Å²) in [7, 11) is 5.24. The minimum absolute atomic E-state index is 0.0392. The van der Waals surface area contributed by atoms with Crippen molar-refractivity contribution >= 4 is 5.91 Å². The van der Waals surface area contributed by atoms with Gasteiger partial charge in [-0.1, -0.05) is 18.2 Å². The van der Waals surface area contributed by atoms with Crippen molar-refractivity contribution in [3.8, 4) is 17.2 Å². The highest BCUT2D eigenvalue weighted by Crippen LogP contribution is 2.38. The predicted molar refractivity (Wildman–Crippen MR) is 113 cm³/mol. The van der Waals surface area contributed by atoms with E-state index in [4.69, 9.17) is 14.2 Å². The molecule has 0 N–H and O–H groups in total. The smallest absolute Gasteiger partial charge is 0.237 e. The van der Waals surface area contributed by atoms with Crippen molar-refractivity contribution in [3.63, 3.8) is 0 Å². The highest BCUT2D eigenvalue weighted by atomic mass is 16.5. The summed E-state index contributed by atoms with van der Waals surface area (Å²) in [4.78, 5) is 17.0. The Morgan fingerprint density at radius 2 is 1.90 bits per heavy atom. The summed E-state index contributed by atoms with van der Waals surface area (Å²) in [5, 5.41) is 0. The van der Waals surface area contributed by atoms with E-state index >= 15 is 0 Å². The van der Waals surface area contributed by atoms with E-state index in [1.165, 1.54) is 0 Å². The largest absolute Gasteiger partial charge is 0.497 e. The lowest BCUT2D eigenvalue weighted by Crippen LogP contribution is -2.39. The van der Waals surface area contributed by atoms with Crippen LogP contribution in [0.4, 0.5) is 0 Å². The van der Waals surface area contributed by atoms with E-state index in [1.54, 1.807) is 14.2 Å². The first-order valence-electron chi connectivity index (χ1n) is 10.00. The van der Waals surface area contributed by atoms with Gasteiger partial charge in [-0.15, -0.1) is 0 Å². The van der Waals surface area contributed by atoms with E-state index in [2.05, 4.69) is 0 Å². The highest BCUT2D eigenvalue weighted by Gasteiger charge is 2.32. The van der Waals surface area contributed by atoms with Crippen molar-refractivity contribution in [2.75, 3.05) is 47.5 Å². The van der Waals surface area contributed by atoms with E-state index in [9.17, 15) is 4.79 Å². The lowest BCUT2D eigenvalue weighted by Gasteiger charge is -2.28. The summed E-state index contributed by atoms with van der Waals surface area (Å²) < 4.78 is 16.6. The molecule has 2 aromatic carbocycles. The number of amides is 1. The topological polar surface area (TPSA) is 51.2 Å². The van der Waals surface area contributed by atoms with Gasteiger partial charge in [-0.3, -0.25) is 9.69 Å². The minimum atomic E-state index is 0.0392. The first kappa shape index (κ1) is 21.0. The Bertz CT molecular complexity index is 797. The molecular formula is C23H30N2O4. The van der Waals surface area contributed by atoms with Crippen LogP contribution in [0.1, 0.15) is 24.4 Å². The number of carbonyl (C=O) groups is 1. The Hall–Kier alpha value is -2.73. The number of likely N-dealkylation sites (tertiary alicyclic amines) is 1. The molecule has 1 fully saturated rings. The molecule has 2 aromatic rings. The molecule has 0 bridgehead atoms. The van der Waals surface area contributed by atoms with Crippen LogP contribution in [0.2, 0.25) is 0 Å². The normalized spacial score (nSPS) is 16.1. The van der Waals surface area contributed by atoms with Crippen LogP contribution in [-0.2, 0) is 4.79 Å². The standard InChI is InChI=1S/C23H30N2O4/c1-24(14-15-29-18-8-5-4-6-9-18)17-23(26)25-13-7-10-21(25)20-12-11-19(27-2)16-22(20)28-3/h4-6,8-9,11-12,16,21H,7,10,13-15,17H2,1-3H3. The first-order chi connectivity index (χ1) is 14.1. The Morgan fingerprint density at radius 3 is 2.62 bits per heavy atom. The Morgan fingerprint density at radius 1 is 1.10 bits per heavy atom. The quantitative estimate of drug-likeness (QED) is 0.648. The van der Waals surface area contributed by atoms with E-state index in [-0.39, 0.29) is 11.9 Å². The summed E-state index contributed by atoms with van der Waals surface area (Å²) in [5.41, 5.74) is 1.04. The van der Waals surface area contributed by atoms with Crippen molar-refractivity contribution in [2.24, 2.45) is 0 Å². The van der Waals surface area contributed by atoms with Crippen LogP contribution in [0, 0.1) is 0 Å². The molecule has 0 saturated carbocycles. The van der Waals surface area contributed by atoms with Gasteiger partial charge in [0.1, 0.15) is 23.9 Å². The molecule has 0 spiro atoms. The zero-order valence-corrected chi connectivity index (χ0v) is 17.5. The molecule has 6 heteroatoms. The summed E-state index contributed by atoms with van der Waals surface area (Å²) in [6, 6.07) is 15.6. The van der Waals surface area contributed by atoms with Gasteiger partial charge >= 0.3 is 0 Å². The van der Waals surface area contributed by atoms with Crippen LogP contribution in [-0.4, -0.2) is 63.2 Å². The van der Waals surface area contributed by atoms with Gasteiger partial charge in [-0.2, -0.15) is 0 Å². The Labute approximate surface area is 173 Å². The van der Waals surface area contributed by atoms with E-state index in [0.717, 1.165) is 42.2 Å². The maximum Gasteiger partial charge on any atom is 0.237 e. The van der Waals surface area contributed by atoms with Crippen molar-refractivity contribution in [2.45, 2.75) is 18.9 Å². The molecule has 1 heterocycles. The SMILES string of the molecule is COc1ccc(C2CCCN2C(=O)CN(C)CCOc2ccccc2)c(OC)c1. The minimum Gasteiger partial charge on any atom is -0.497 e. The molecule has 1 amide bonds. The van der Waals surface area contributed by atoms with Gasteiger partial charge < -0.3 is 19.1 Å². The molecule has 6 nitrogen and oxygen atoms in total. The molecule has 1 aliphatic rings. The van der Waals surface area contributed by atoms with Gasteiger partial charge in [0.25, 0.3) is 0 Å². The molecule has 3 rings (SSSR count). The molecule has 0 radical (unpaired) electrons. The number of methoxy groups -OCH3 is 2. The number of rotatable bonds is 9. The number of hydrogen-bond donors (Lipinski definition) is 0. The third-order valence-corrected chi connectivity index (χ3v) is 5.26. The van der Waals surface area contributed by atoms with Crippen molar-refractivity contribution < 1.29 is 19.0 Å². The van der Waals surface area contributed by atoms with Crippen LogP contribution in [0.25, 0.3) is 0 Å². The fourth-order valence-electron chi connectivity index (χ4n) is 3.72. The highest BCUT2D eigenvalue weighted by molar-refractivity contribution is 5.79. The van der Waals surface area contributed by atoms with Crippen molar-refractivity contribution in [1.82, 2.24) is 9.80 Å². The van der Waals surface area contributed by atoms with E-state index in [0.29, 0.717) is 19.7 Å². The zero-order valence-electron chi connectivity index (χ0n) is 17.5. The molecule has 0 aliphatic carbocycles. The molecular weight excluding hydrogens is 368 g/mol. The van der Waals surface area contributed by atoms with Crippen LogP contribution in [0.3, 0.4) is 0 Å².